The van der Waals surface area contributed by atoms with Crippen LogP contribution < -0.4 is 0 Å². The van der Waals surface area contributed by atoms with Crippen LogP contribution >= 0.6 is 0 Å². The minimum absolute atomic E-state index is 0.164. The first-order valence-electron chi connectivity index (χ1n) is 8.69. The second kappa shape index (κ2) is 6.12. The summed E-state index contributed by atoms with van der Waals surface area (Å²) < 4.78 is 13.6. The maximum atomic E-state index is 6.01. The smallest absolute Gasteiger partial charge is 0.0929 e. The van der Waals surface area contributed by atoms with Gasteiger partial charge in [-0.2, -0.15) is 0 Å². The predicted octanol–water partition coefficient (Wildman–Crippen LogP) is 0.535. The molecule has 23 heavy (non-hydrogen) atoms. The highest BCUT2D eigenvalue weighted by Crippen LogP contribution is 2.31. The van der Waals surface area contributed by atoms with Crippen LogP contribution in [0.2, 0.25) is 0 Å². The Bertz CT molecular complexity index is 540. The van der Waals surface area contributed by atoms with E-state index < -0.39 is 0 Å². The van der Waals surface area contributed by atoms with Crippen LogP contribution in [-0.4, -0.2) is 82.4 Å². The molecule has 0 unspecified atom stereocenters. The number of hydrogen-bond acceptors (Lipinski definition) is 6. The van der Waals surface area contributed by atoms with E-state index in [1.54, 1.807) is 0 Å². The molecule has 0 radical (unpaired) electrons. The molecule has 7 heteroatoms. The number of ether oxygens (including phenoxy) is 2. The quantitative estimate of drug-likeness (QED) is 0.810. The maximum Gasteiger partial charge on any atom is 0.0929 e. The van der Waals surface area contributed by atoms with Crippen LogP contribution in [-0.2, 0) is 16.1 Å². The van der Waals surface area contributed by atoms with Gasteiger partial charge in [0.25, 0.3) is 0 Å². The van der Waals surface area contributed by atoms with Gasteiger partial charge in [0, 0.05) is 38.3 Å². The largest absolute Gasteiger partial charge is 0.379 e. The lowest BCUT2D eigenvalue weighted by Crippen LogP contribution is -2.58. The number of fused-ring (bicyclic) bond motifs is 3. The number of rotatable bonds is 3. The van der Waals surface area contributed by atoms with E-state index in [-0.39, 0.29) is 11.6 Å². The fourth-order valence-corrected chi connectivity index (χ4v) is 4.20. The summed E-state index contributed by atoms with van der Waals surface area (Å²) in [5, 5.41) is 8.36. The van der Waals surface area contributed by atoms with Crippen LogP contribution in [0.1, 0.15) is 32.0 Å². The summed E-state index contributed by atoms with van der Waals surface area (Å²) in [6.07, 6.45) is 3.18. The number of hydrogen-bond donors (Lipinski definition) is 0. The standard InChI is InChI=1S/C16H27N5O2/c1-16(2,20-5-7-22-8-6-20)12-19-4-3-15-14(10-19)21-13(11-23-15)9-17-18-21/h9,14-15H,3-8,10-12H2,1-2H3/t14-,15+/m1/s1. The van der Waals surface area contributed by atoms with Crippen LogP contribution in [0.4, 0.5) is 0 Å². The van der Waals surface area contributed by atoms with Crippen LogP contribution in [0.25, 0.3) is 0 Å². The first kappa shape index (κ1) is 15.5. The van der Waals surface area contributed by atoms with Gasteiger partial charge in [0.1, 0.15) is 0 Å². The lowest BCUT2D eigenvalue weighted by molar-refractivity contribution is -0.0774. The van der Waals surface area contributed by atoms with E-state index >= 15 is 0 Å². The van der Waals surface area contributed by atoms with Crippen molar-refractivity contribution in [2.75, 3.05) is 45.9 Å². The average molecular weight is 321 g/mol. The van der Waals surface area contributed by atoms with E-state index in [1.807, 2.05) is 6.20 Å². The van der Waals surface area contributed by atoms with Crippen molar-refractivity contribution in [1.29, 1.82) is 0 Å². The molecule has 3 aliphatic heterocycles. The molecule has 0 amide bonds. The molecular weight excluding hydrogens is 294 g/mol. The molecule has 2 saturated heterocycles. The van der Waals surface area contributed by atoms with Crippen molar-refractivity contribution in [3.63, 3.8) is 0 Å². The Morgan fingerprint density at radius 2 is 2.09 bits per heavy atom. The maximum absolute atomic E-state index is 6.01. The van der Waals surface area contributed by atoms with Gasteiger partial charge in [-0.1, -0.05) is 5.21 Å². The van der Waals surface area contributed by atoms with E-state index in [9.17, 15) is 0 Å². The normalized spacial score (nSPS) is 30.0. The number of nitrogens with zero attached hydrogens (tertiary/aromatic N) is 5. The molecule has 0 aliphatic carbocycles. The van der Waals surface area contributed by atoms with Gasteiger partial charge in [0.2, 0.25) is 0 Å². The molecule has 0 spiro atoms. The SMILES string of the molecule is CC(C)(CN1CC[C@@H]2OCc3cnnn3[C@@H]2C1)N1CCOCC1. The van der Waals surface area contributed by atoms with Gasteiger partial charge >= 0.3 is 0 Å². The van der Waals surface area contributed by atoms with E-state index in [4.69, 9.17) is 9.47 Å². The van der Waals surface area contributed by atoms with Gasteiger partial charge in [-0.25, -0.2) is 4.68 Å². The molecule has 0 bridgehead atoms. The molecule has 0 saturated carbocycles. The van der Waals surface area contributed by atoms with Gasteiger partial charge in [0.05, 0.1) is 43.9 Å². The van der Waals surface area contributed by atoms with Crippen molar-refractivity contribution in [2.45, 2.75) is 44.6 Å². The molecule has 2 atom stereocenters. The van der Waals surface area contributed by atoms with Crippen molar-refractivity contribution in [3.8, 4) is 0 Å². The highest BCUT2D eigenvalue weighted by Gasteiger charge is 2.39. The van der Waals surface area contributed by atoms with Gasteiger partial charge in [-0.15, -0.1) is 5.10 Å². The van der Waals surface area contributed by atoms with Crippen molar-refractivity contribution in [3.05, 3.63) is 11.9 Å². The average Bonchev–Trinajstić information content (AvgIpc) is 3.04. The number of likely N-dealkylation sites (tertiary alicyclic amines) is 1. The van der Waals surface area contributed by atoms with Crippen LogP contribution in [0, 0.1) is 0 Å². The predicted molar refractivity (Wildman–Crippen MR) is 85.2 cm³/mol. The van der Waals surface area contributed by atoms with Crippen molar-refractivity contribution in [1.82, 2.24) is 24.8 Å². The zero-order valence-electron chi connectivity index (χ0n) is 14.1. The third-order valence-corrected chi connectivity index (χ3v) is 5.49. The number of aromatic nitrogens is 3. The lowest BCUT2D eigenvalue weighted by atomic mass is 9.96. The Morgan fingerprint density at radius 1 is 1.26 bits per heavy atom. The Kier molecular flexibility index (Phi) is 4.13. The van der Waals surface area contributed by atoms with E-state index in [1.165, 1.54) is 0 Å². The molecule has 7 nitrogen and oxygen atoms in total. The van der Waals surface area contributed by atoms with Gasteiger partial charge < -0.3 is 9.47 Å². The summed E-state index contributed by atoms with van der Waals surface area (Å²) in [6, 6.07) is 0.301. The number of morpholine rings is 1. The van der Waals surface area contributed by atoms with Crippen LogP contribution in [0.3, 0.4) is 0 Å². The monoisotopic (exact) mass is 321 g/mol. The zero-order chi connectivity index (χ0) is 15.9. The van der Waals surface area contributed by atoms with Crippen LogP contribution in [0.15, 0.2) is 6.20 Å². The fraction of sp³-hybridized carbons (Fsp3) is 0.875. The summed E-state index contributed by atoms with van der Waals surface area (Å²) in [5.41, 5.74) is 1.26. The third kappa shape index (κ3) is 3.03. The fourth-order valence-electron chi connectivity index (χ4n) is 4.20. The zero-order valence-corrected chi connectivity index (χ0v) is 14.1. The summed E-state index contributed by atoms with van der Waals surface area (Å²) in [4.78, 5) is 5.12. The Hall–Kier alpha value is -1.02. The van der Waals surface area contributed by atoms with Gasteiger partial charge in [-0.05, 0) is 20.3 Å². The summed E-state index contributed by atoms with van der Waals surface area (Å²) in [6.45, 7) is 12.3. The molecule has 128 valence electrons. The molecule has 4 heterocycles. The highest BCUT2D eigenvalue weighted by atomic mass is 16.5. The van der Waals surface area contributed by atoms with Gasteiger partial charge in [-0.3, -0.25) is 9.80 Å². The minimum Gasteiger partial charge on any atom is -0.379 e. The highest BCUT2D eigenvalue weighted by molar-refractivity contribution is 5.01. The van der Waals surface area contributed by atoms with Gasteiger partial charge in [0.15, 0.2) is 0 Å². The molecule has 0 N–H and O–H groups in total. The van der Waals surface area contributed by atoms with Crippen LogP contribution in [0.5, 0.6) is 0 Å². The molecule has 1 aromatic heterocycles. The minimum atomic E-state index is 0.164. The second-order valence-electron chi connectivity index (χ2n) is 7.52. The summed E-state index contributed by atoms with van der Waals surface area (Å²) >= 11 is 0. The first-order valence-corrected chi connectivity index (χ1v) is 8.69. The summed E-state index contributed by atoms with van der Waals surface area (Å²) in [5.74, 6) is 0. The van der Waals surface area contributed by atoms with Crippen molar-refractivity contribution >= 4 is 0 Å². The third-order valence-electron chi connectivity index (χ3n) is 5.49. The Morgan fingerprint density at radius 3 is 2.91 bits per heavy atom. The van der Waals surface area contributed by atoms with E-state index in [2.05, 4.69) is 38.6 Å². The van der Waals surface area contributed by atoms with Crippen molar-refractivity contribution < 1.29 is 9.47 Å². The molecule has 3 aliphatic rings. The van der Waals surface area contributed by atoms with E-state index in [0.717, 1.165) is 58.1 Å². The van der Waals surface area contributed by atoms with Crippen molar-refractivity contribution in [2.24, 2.45) is 0 Å². The molecule has 2 fully saturated rings. The Labute approximate surface area is 137 Å². The molecule has 4 rings (SSSR count). The topological polar surface area (TPSA) is 55.7 Å². The number of piperidine rings is 1. The molecular formula is C16H27N5O2. The lowest BCUT2D eigenvalue weighted by Gasteiger charge is -2.47. The Balaban J connectivity index is 1.43. The molecule has 0 aromatic carbocycles. The first-order chi connectivity index (χ1) is 11.1. The summed E-state index contributed by atoms with van der Waals surface area (Å²) in [7, 11) is 0. The second-order valence-corrected chi connectivity index (χ2v) is 7.52. The van der Waals surface area contributed by atoms with E-state index in [0.29, 0.717) is 12.6 Å². The molecule has 1 aromatic rings.